The number of fused-ring (bicyclic) bond motifs is 1. The quantitative estimate of drug-likeness (QED) is 0.782. The summed E-state index contributed by atoms with van der Waals surface area (Å²) in [5.41, 5.74) is 1.04. The Bertz CT molecular complexity index is 887. The van der Waals surface area contributed by atoms with Gasteiger partial charge in [-0.15, -0.1) is 0 Å². The molecule has 7 nitrogen and oxygen atoms in total. The molecule has 1 N–H and O–H groups in total. The molecule has 21 heavy (non-hydrogen) atoms. The van der Waals surface area contributed by atoms with Gasteiger partial charge < -0.3 is 4.98 Å². The number of aromatic nitrogens is 5. The zero-order valence-electron chi connectivity index (χ0n) is 11.4. The van der Waals surface area contributed by atoms with Crippen molar-refractivity contribution in [1.29, 1.82) is 5.26 Å². The molecular formula is C14H12N6O. The first-order valence-corrected chi connectivity index (χ1v) is 6.55. The van der Waals surface area contributed by atoms with E-state index in [1.165, 1.54) is 4.57 Å². The van der Waals surface area contributed by atoms with Crippen molar-refractivity contribution < 1.29 is 0 Å². The Morgan fingerprint density at radius 1 is 1.43 bits per heavy atom. The molecule has 0 aliphatic carbocycles. The lowest BCUT2D eigenvalue weighted by molar-refractivity contribution is 0.637. The highest BCUT2D eigenvalue weighted by molar-refractivity contribution is 5.75. The average Bonchev–Trinajstić information content (AvgIpc) is 2.95. The monoisotopic (exact) mass is 280 g/mol. The molecular weight excluding hydrogens is 268 g/mol. The topological polar surface area (TPSA) is 100 Å². The third-order valence-corrected chi connectivity index (χ3v) is 3.09. The van der Waals surface area contributed by atoms with Gasteiger partial charge in [0.05, 0.1) is 0 Å². The molecule has 0 unspecified atom stereocenters. The predicted octanol–water partition coefficient (Wildman–Crippen LogP) is 1.46. The molecule has 0 radical (unpaired) electrons. The second-order valence-electron chi connectivity index (χ2n) is 4.53. The average molecular weight is 280 g/mol. The van der Waals surface area contributed by atoms with Crippen molar-refractivity contribution in [3.63, 3.8) is 0 Å². The van der Waals surface area contributed by atoms with E-state index in [-0.39, 0.29) is 17.0 Å². The van der Waals surface area contributed by atoms with E-state index < -0.39 is 0 Å². The van der Waals surface area contributed by atoms with Crippen LogP contribution in [0.3, 0.4) is 0 Å². The van der Waals surface area contributed by atoms with E-state index in [9.17, 15) is 4.79 Å². The van der Waals surface area contributed by atoms with Crippen LogP contribution in [0.25, 0.3) is 22.6 Å². The SMILES string of the molecule is CCCn1c(C#N)nc2nc(-c3cccnc3)[nH]c2c1=O. The number of aromatic amines is 1. The Labute approximate surface area is 119 Å². The van der Waals surface area contributed by atoms with Crippen molar-refractivity contribution in [1.82, 2.24) is 24.5 Å². The summed E-state index contributed by atoms with van der Waals surface area (Å²) in [5.74, 6) is 0.597. The van der Waals surface area contributed by atoms with Gasteiger partial charge in [-0.3, -0.25) is 14.3 Å². The molecule has 0 amide bonds. The van der Waals surface area contributed by atoms with Crippen LogP contribution >= 0.6 is 0 Å². The number of hydrogen-bond donors (Lipinski definition) is 1. The molecule has 3 heterocycles. The van der Waals surface area contributed by atoms with Crippen LogP contribution in [-0.2, 0) is 6.54 Å². The van der Waals surface area contributed by atoms with E-state index in [0.717, 1.165) is 12.0 Å². The number of pyridine rings is 1. The van der Waals surface area contributed by atoms with Gasteiger partial charge in [-0.25, -0.2) is 4.98 Å². The van der Waals surface area contributed by atoms with Gasteiger partial charge in [0.1, 0.15) is 11.9 Å². The molecule has 0 aliphatic rings. The van der Waals surface area contributed by atoms with Gasteiger partial charge >= 0.3 is 0 Å². The molecule has 3 aromatic heterocycles. The fourth-order valence-corrected chi connectivity index (χ4v) is 2.14. The molecule has 0 saturated heterocycles. The van der Waals surface area contributed by atoms with E-state index in [0.29, 0.717) is 17.9 Å². The normalized spacial score (nSPS) is 10.7. The fraction of sp³-hybridized carbons (Fsp3) is 0.214. The largest absolute Gasteiger partial charge is 0.332 e. The second-order valence-corrected chi connectivity index (χ2v) is 4.53. The summed E-state index contributed by atoms with van der Waals surface area (Å²) in [6.45, 7) is 2.39. The Morgan fingerprint density at radius 2 is 2.29 bits per heavy atom. The first kappa shape index (κ1) is 13.0. The number of rotatable bonds is 3. The van der Waals surface area contributed by atoms with Gasteiger partial charge in [0.25, 0.3) is 5.56 Å². The highest BCUT2D eigenvalue weighted by atomic mass is 16.1. The summed E-state index contributed by atoms with van der Waals surface area (Å²) < 4.78 is 1.37. The van der Waals surface area contributed by atoms with E-state index in [4.69, 9.17) is 5.26 Å². The number of H-pyrrole nitrogens is 1. The zero-order valence-corrected chi connectivity index (χ0v) is 11.4. The van der Waals surface area contributed by atoms with Crippen LogP contribution in [0, 0.1) is 11.3 Å². The lowest BCUT2D eigenvalue weighted by atomic mass is 10.3. The van der Waals surface area contributed by atoms with Gasteiger partial charge in [0.2, 0.25) is 5.82 Å². The van der Waals surface area contributed by atoms with Crippen LogP contribution in [0.15, 0.2) is 29.3 Å². The Balaban J connectivity index is 2.25. The third-order valence-electron chi connectivity index (χ3n) is 3.09. The Morgan fingerprint density at radius 3 is 2.95 bits per heavy atom. The summed E-state index contributed by atoms with van der Waals surface area (Å²) in [6.07, 6.45) is 4.05. The van der Waals surface area contributed by atoms with Crippen molar-refractivity contribution in [2.45, 2.75) is 19.9 Å². The summed E-state index contributed by atoms with van der Waals surface area (Å²) >= 11 is 0. The minimum atomic E-state index is -0.277. The van der Waals surface area contributed by atoms with E-state index in [2.05, 4.69) is 19.9 Å². The van der Waals surface area contributed by atoms with Crippen LogP contribution in [0.1, 0.15) is 19.2 Å². The maximum atomic E-state index is 12.4. The van der Waals surface area contributed by atoms with Crippen LogP contribution in [0.4, 0.5) is 0 Å². The first-order chi connectivity index (χ1) is 10.2. The zero-order chi connectivity index (χ0) is 14.8. The van der Waals surface area contributed by atoms with E-state index >= 15 is 0 Å². The highest BCUT2D eigenvalue weighted by Crippen LogP contribution is 2.16. The van der Waals surface area contributed by atoms with Crippen molar-refractivity contribution >= 4 is 11.2 Å². The fourth-order valence-electron chi connectivity index (χ4n) is 2.14. The molecule has 0 saturated carbocycles. The highest BCUT2D eigenvalue weighted by Gasteiger charge is 2.15. The lowest BCUT2D eigenvalue weighted by Crippen LogP contribution is -2.24. The number of imidazole rings is 1. The van der Waals surface area contributed by atoms with Crippen LogP contribution in [0.2, 0.25) is 0 Å². The standard InChI is InChI=1S/C14H12N6O/c1-2-6-20-10(7-15)17-13-11(14(20)21)18-12(19-13)9-4-3-5-16-8-9/h3-5,8H,2,6H2,1H3,(H,18,19). The number of nitrogens with one attached hydrogen (secondary N) is 1. The summed E-state index contributed by atoms with van der Waals surface area (Å²) in [5, 5.41) is 9.13. The van der Waals surface area contributed by atoms with Crippen LogP contribution in [0.5, 0.6) is 0 Å². The van der Waals surface area contributed by atoms with Gasteiger partial charge in [0.15, 0.2) is 11.2 Å². The smallest absolute Gasteiger partial charge is 0.280 e. The molecule has 0 fully saturated rings. The summed E-state index contributed by atoms with van der Waals surface area (Å²) in [7, 11) is 0. The van der Waals surface area contributed by atoms with Gasteiger partial charge in [-0.1, -0.05) is 6.92 Å². The summed E-state index contributed by atoms with van der Waals surface area (Å²) in [4.78, 5) is 27.9. The maximum Gasteiger partial charge on any atom is 0.280 e. The van der Waals surface area contributed by atoms with Gasteiger partial charge in [0, 0.05) is 24.5 Å². The second kappa shape index (κ2) is 5.17. The van der Waals surface area contributed by atoms with Crippen LogP contribution in [-0.4, -0.2) is 24.5 Å². The van der Waals surface area contributed by atoms with E-state index in [1.54, 1.807) is 18.5 Å². The molecule has 3 aromatic rings. The van der Waals surface area contributed by atoms with Crippen molar-refractivity contribution in [2.24, 2.45) is 0 Å². The van der Waals surface area contributed by atoms with Crippen molar-refractivity contribution in [3.8, 4) is 17.5 Å². The molecule has 0 bridgehead atoms. The van der Waals surface area contributed by atoms with Gasteiger partial charge in [-0.2, -0.15) is 10.2 Å². The van der Waals surface area contributed by atoms with Crippen molar-refractivity contribution in [2.75, 3.05) is 0 Å². The maximum absolute atomic E-state index is 12.4. The molecule has 0 spiro atoms. The number of hydrogen-bond acceptors (Lipinski definition) is 5. The summed E-state index contributed by atoms with van der Waals surface area (Å²) in [6, 6.07) is 5.57. The van der Waals surface area contributed by atoms with E-state index in [1.807, 2.05) is 19.1 Å². The predicted molar refractivity (Wildman–Crippen MR) is 76.4 cm³/mol. The molecule has 0 atom stereocenters. The molecule has 0 aromatic carbocycles. The molecule has 0 aliphatic heterocycles. The van der Waals surface area contributed by atoms with Gasteiger partial charge in [-0.05, 0) is 18.6 Å². The first-order valence-electron chi connectivity index (χ1n) is 6.55. The minimum Gasteiger partial charge on any atom is -0.332 e. The number of nitrogens with zero attached hydrogens (tertiary/aromatic N) is 5. The number of nitriles is 1. The van der Waals surface area contributed by atoms with Crippen molar-refractivity contribution in [3.05, 3.63) is 40.7 Å². The van der Waals surface area contributed by atoms with Crippen LogP contribution < -0.4 is 5.56 Å². The molecule has 104 valence electrons. The molecule has 3 rings (SSSR count). The third kappa shape index (κ3) is 2.17. The Hall–Kier alpha value is -3.01. The molecule has 7 heteroatoms. The lowest BCUT2D eigenvalue weighted by Gasteiger charge is -2.04. The Kier molecular flexibility index (Phi) is 3.20. The minimum absolute atomic E-state index is 0.0820.